The van der Waals surface area contributed by atoms with Crippen LogP contribution in [-0.2, 0) is 35.7 Å². The summed E-state index contributed by atoms with van der Waals surface area (Å²) in [5, 5.41) is 10.00. The highest BCUT2D eigenvalue weighted by atomic mass is 32.2. The van der Waals surface area contributed by atoms with Crippen molar-refractivity contribution in [3.8, 4) is 0 Å². The molecule has 0 unspecified atom stereocenters. The highest BCUT2D eigenvalue weighted by Crippen LogP contribution is 2.38. The number of benzene rings is 1. The van der Waals surface area contributed by atoms with Crippen molar-refractivity contribution in [1.29, 1.82) is 0 Å². The minimum Gasteiger partial charge on any atom is -0.307 e. The van der Waals surface area contributed by atoms with Crippen LogP contribution in [-0.4, -0.2) is 29.4 Å². The number of aryl methyl sites for hydroxylation is 2. The average molecular weight is 389 g/mol. The van der Waals surface area contributed by atoms with Crippen LogP contribution < -0.4 is 10.0 Å². The summed E-state index contributed by atoms with van der Waals surface area (Å²) >= 11 is 0. The fourth-order valence-electron chi connectivity index (χ4n) is 3.92. The molecular formula is C18H23N5O3S. The zero-order valence-corrected chi connectivity index (χ0v) is 16.3. The maximum Gasteiger partial charge on any atom is 0.333 e. The van der Waals surface area contributed by atoms with E-state index < -0.39 is 16.1 Å². The molecule has 2 aliphatic rings. The lowest BCUT2D eigenvalue weighted by molar-refractivity contribution is 0.256. The third-order valence-corrected chi connectivity index (χ3v) is 6.42. The summed E-state index contributed by atoms with van der Waals surface area (Å²) in [5.41, 5.74) is 5.64. The monoisotopic (exact) mass is 389 g/mol. The van der Waals surface area contributed by atoms with Crippen molar-refractivity contribution in [2.24, 2.45) is 0 Å². The van der Waals surface area contributed by atoms with Crippen molar-refractivity contribution >= 4 is 21.7 Å². The summed E-state index contributed by atoms with van der Waals surface area (Å²) < 4.78 is 28.4. The fraction of sp³-hybridized carbons (Fsp3) is 0.500. The van der Waals surface area contributed by atoms with Crippen molar-refractivity contribution < 1.29 is 13.2 Å². The van der Waals surface area contributed by atoms with Gasteiger partial charge in [0, 0.05) is 11.7 Å². The molecule has 0 bridgehead atoms. The number of amides is 2. The maximum atomic E-state index is 12.5. The van der Waals surface area contributed by atoms with Gasteiger partial charge in [0.25, 0.3) is 10.0 Å². The van der Waals surface area contributed by atoms with E-state index in [1.54, 1.807) is 0 Å². The van der Waals surface area contributed by atoms with Gasteiger partial charge in [0.05, 0.1) is 6.20 Å². The third kappa shape index (κ3) is 3.31. The van der Waals surface area contributed by atoms with E-state index >= 15 is 0 Å². The molecule has 1 heterocycles. The normalized spacial score (nSPS) is 15.7. The van der Waals surface area contributed by atoms with Gasteiger partial charge < -0.3 is 5.32 Å². The van der Waals surface area contributed by atoms with Crippen molar-refractivity contribution in [2.45, 2.75) is 63.4 Å². The number of aromatic nitrogens is 3. The molecule has 2 aliphatic carbocycles. The zero-order chi connectivity index (χ0) is 19.2. The molecule has 0 atom stereocenters. The lowest BCUT2D eigenvalue weighted by Gasteiger charge is -2.16. The number of hydrogen-bond acceptors (Lipinski definition) is 5. The van der Waals surface area contributed by atoms with E-state index in [1.807, 2.05) is 13.8 Å². The van der Waals surface area contributed by atoms with Crippen LogP contribution in [0.25, 0.3) is 0 Å². The van der Waals surface area contributed by atoms with Crippen LogP contribution in [0.3, 0.4) is 0 Å². The Morgan fingerprint density at radius 1 is 1.11 bits per heavy atom. The number of anilines is 1. The van der Waals surface area contributed by atoms with Crippen molar-refractivity contribution in [3.05, 3.63) is 34.5 Å². The first kappa shape index (κ1) is 18.0. The highest BCUT2D eigenvalue weighted by molar-refractivity contribution is 7.90. The van der Waals surface area contributed by atoms with E-state index in [-0.39, 0.29) is 11.1 Å². The van der Waals surface area contributed by atoms with Crippen LogP contribution in [0, 0.1) is 0 Å². The van der Waals surface area contributed by atoms with Gasteiger partial charge >= 0.3 is 6.03 Å². The molecule has 0 fully saturated rings. The highest BCUT2D eigenvalue weighted by Gasteiger charge is 2.27. The van der Waals surface area contributed by atoms with E-state index in [9.17, 15) is 13.2 Å². The lowest BCUT2D eigenvalue weighted by atomic mass is 9.99. The van der Waals surface area contributed by atoms with Gasteiger partial charge in [-0.15, -0.1) is 5.10 Å². The van der Waals surface area contributed by atoms with E-state index in [0.29, 0.717) is 0 Å². The summed E-state index contributed by atoms with van der Waals surface area (Å²) in [7, 11) is -4.08. The van der Waals surface area contributed by atoms with Gasteiger partial charge in [-0.1, -0.05) is 11.3 Å². The molecule has 8 nitrogen and oxygen atoms in total. The van der Waals surface area contributed by atoms with Crippen LogP contribution in [0.5, 0.6) is 0 Å². The Labute approximate surface area is 158 Å². The number of sulfonamides is 1. The topological polar surface area (TPSA) is 106 Å². The fourth-order valence-corrected chi connectivity index (χ4v) is 4.71. The molecule has 0 aliphatic heterocycles. The lowest BCUT2D eigenvalue weighted by Crippen LogP contribution is -2.35. The number of nitrogens with one attached hydrogen (secondary N) is 2. The van der Waals surface area contributed by atoms with Crippen LogP contribution >= 0.6 is 0 Å². The minimum atomic E-state index is -4.08. The van der Waals surface area contributed by atoms with Gasteiger partial charge in [-0.2, -0.15) is 8.42 Å². The first-order chi connectivity index (χ1) is 12.8. The molecule has 1 aromatic heterocycles. The van der Waals surface area contributed by atoms with E-state index in [0.717, 1.165) is 55.3 Å². The molecule has 2 N–H and O–H groups in total. The van der Waals surface area contributed by atoms with Crippen LogP contribution in [0.15, 0.2) is 17.3 Å². The summed E-state index contributed by atoms with van der Waals surface area (Å²) in [4.78, 5) is 12.5. The van der Waals surface area contributed by atoms with E-state index in [4.69, 9.17) is 0 Å². The quantitative estimate of drug-likeness (QED) is 0.835. The van der Waals surface area contributed by atoms with Crippen LogP contribution in [0.4, 0.5) is 10.5 Å². The Morgan fingerprint density at radius 3 is 2.30 bits per heavy atom. The predicted octanol–water partition coefficient (Wildman–Crippen LogP) is 2.35. The van der Waals surface area contributed by atoms with Crippen molar-refractivity contribution in [1.82, 2.24) is 19.7 Å². The molecule has 0 saturated heterocycles. The average Bonchev–Trinajstić information content (AvgIpc) is 3.34. The molecule has 0 radical (unpaired) electrons. The number of urea groups is 1. The number of carbonyl (C=O) groups excluding carboxylic acids is 1. The molecule has 4 rings (SSSR count). The van der Waals surface area contributed by atoms with Crippen LogP contribution in [0.2, 0.25) is 0 Å². The minimum absolute atomic E-state index is 0.0234. The number of rotatable bonds is 4. The standard InChI is InChI=1S/C18H23N5O3S/c1-11(2)23-10-16(20-22-23)27(25,26)21-18(24)19-17-14-7-3-5-12(14)9-13-6-4-8-15(13)17/h9-11H,3-8H2,1-2H3,(H2,19,21,24). The van der Waals surface area contributed by atoms with Gasteiger partial charge in [0.2, 0.25) is 5.03 Å². The largest absolute Gasteiger partial charge is 0.333 e. The van der Waals surface area contributed by atoms with Gasteiger partial charge in [-0.05, 0) is 74.6 Å². The molecule has 1 aromatic carbocycles. The summed E-state index contributed by atoms with van der Waals surface area (Å²) in [6.07, 6.45) is 7.28. The van der Waals surface area contributed by atoms with E-state index in [2.05, 4.69) is 26.4 Å². The van der Waals surface area contributed by atoms with Crippen LogP contribution in [0.1, 0.15) is 55.0 Å². The molecule has 2 amide bonds. The summed E-state index contributed by atoms with van der Waals surface area (Å²) in [6, 6.07) is 1.47. The first-order valence-electron chi connectivity index (χ1n) is 9.27. The Bertz CT molecular complexity index is 978. The zero-order valence-electron chi connectivity index (χ0n) is 15.4. The molecule has 144 valence electrons. The molecule has 0 saturated carbocycles. The molecule has 0 spiro atoms. The first-order valence-corrected chi connectivity index (χ1v) is 10.8. The van der Waals surface area contributed by atoms with Gasteiger partial charge in [0.1, 0.15) is 0 Å². The number of fused-ring (bicyclic) bond motifs is 2. The Morgan fingerprint density at radius 2 is 1.74 bits per heavy atom. The summed E-state index contributed by atoms with van der Waals surface area (Å²) in [5.74, 6) is 0. The molecule has 9 heteroatoms. The second kappa shape index (κ2) is 6.63. The van der Waals surface area contributed by atoms with E-state index in [1.165, 1.54) is 22.0 Å². The number of carbonyl (C=O) groups is 1. The number of nitrogens with zero attached hydrogens (tertiary/aromatic N) is 3. The second-order valence-corrected chi connectivity index (χ2v) is 9.05. The SMILES string of the molecule is CC(C)n1cc(S(=O)(=O)NC(=O)Nc2c3c(cc4c2CCC4)CCC3)nn1. The van der Waals surface area contributed by atoms with Gasteiger partial charge in [-0.3, -0.25) is 0 Å². The molecule has 2 aromatic rings. The molecule has 27 heavy (non-hydrogen) atoms. The maximum absolute atomic E-state index is 12.5. The second-order valence-electron chi connectivity index (χ2n) is 7.42. The van der Waals surface area contributed by atoms with Gasteiger partial charge in [-0.25, -0.2) is 14.2 Å². The smallest absolute Gasteiger partial charge is 0.307 e. The van der Waals surface area contributed by atoms with Crippen molar-refractivity contribution in [3.63, 3.8) is 0 Å². The summed E-state index contributed by atoms with van der Waals surface area (Å²) in [6.45, 7) is 3.73. The Kier molecular flexibility index (Phi) is 4.41. The predicted molar refractivity (Wildman–Crippen MR) is 100 cm³/mol. The Hall–Kier alpha value is -2.42. The third-order valence-electron chi connectivity index (χ3n) is 5.23. The number of hydrogen-bond donors (Lipinski definition) is 2. The van der Waals surface area contributed by atoms with Gasteiger partial charge in [0.15, 0.2) is 0 Å². The Balaban J connectivity index is 1.57. The van der Waals surface area contributed by atoms with Crippen molar-refractivity contribution in [2.75, 3.05) is 5.32 Å². The molecular weight excluding hydrogens is 366 g/mol.